The van der Waals surface area contributed by atoms with Gasteiger partial charge in [-0.2, -0.15) is 0 Å². The fourth-order valence-electron chi connectivity index (χ4n) is 0.784. The molecule has 4 heteroatoms. The molecule has 0 unspecified atom stereocenters. The van der Waals surface area contributed by atoms with Crippen molar-refractivity contribution in [1.29, 1.82) is 0 Å². The summed E-state index contributed by atoms with van der Waals surface area (Å²) in [6, 6.07) is 5.53. The standard InChI is InChI=1S/C9H7Br2NO/c1-2-8(13)12-7-5-3-4-6(10)9(7)11/h2-5H,1H2,(H,12,13). The van der Waals surface area contributed by atoms with Gasteiger partial charge in [0.15, 0.2) is 0 Å². The maximum Gasteiger partial charge on any atom is 0.247 e. The SMILES string of the molecule is C=CC(=O)Nc1cccc(Br)c1Br. The number of anilines is 1. The van der Waals surface area contributed by atoms with Gasteiger partial charge >= 0.3 is 0 Å². The molecule has 0 spiro atoms. The van der Waals surface area contributed by atoms with Gasteiger partial charge in [0.25, 0.3) is 0 Å². The average Bonchev–Trinajstić information content (AvgIpc) is 2.13. The molecule has 1 aromatic carbocycles. The molecule has 0 aliphatic carbocycles. The van der Waals surface area contributed by atoms with Crippen LogP contribution in [-0.2, 0) is 4.79 Å². The number of nitrogens with one attached hydrogen (secondary N) is 1. The second kappa shape index (κ2) is 4.58. The number of benzene rings is 1. The average molecular weight is 305 g/mol. The summed E-state index contributed by atoms with van der Waals surface area (Å²) in [5.74, 6) is -0.223. The Morgan fingerprint density at radius 1 is 1.46 bits per heavy atom. The third-order valence-electron chi connectivity index (χ3n) is 1.39. The van der Waals surface area contributed by atoms with E-state index in [1.807, 2.05) is 12.1 Å². The van der Waals surface area contributed by atoms with E-state index in [0.717, 1.165) is 14.6 Å². The van der Waals surface area contributed by atoms with Crippen LogP contribution in [0.2, 0.25) is 0 Å². The first kappa shape index (κ1) is 10.5. The van der Waals surface area contributed by atoms with Crippen molar-refractivity contribution in [2.24, 2.45) is 0 Å². The summed E-state index contributed by atoms with van der Waals surface area (Å²) in [5, 5.41) is 2.67. The van der Waals surface area contributed by atoms with Crippen LogP contribution in [0.4, 0.5) is 5.69 Å². The normalized spacial score (nSPS) is 9.38. The Kier molecular flexibility index (Phi) is 3.69. The molecule has 1 amide bonds. The fraction of sp³-hybridized carbons (Fsp3) is 0. The Morgan fingerprint density at radius 3 is 2.77 bits per heavy atom. The topological polar surface area (TPSA) is 29.1 Å². The lowest BCUT2D eigenvalue weighted by atomic mass is 10.3. The van der Waals surface area contributed by atoms with Gasteiger partial charge in [0, 0.05) is 4.47 Å². The van der Waals surface area contributed by atoms with Crippen molar-refractivity contribution >= 4 is 43.5 Å². The zero-order valence-electron chi connectivity index (χ0n) is 6.68. The van der Waals surface area contributed by atoms with Crippen molar-refractivity contribution in [2.75, 3.05) is 5.32 Å². The molecule has 0 fully saturated rings. The molecule has 0 aliphatic heterocycles. The highest BCUT2D eigenvalue weighted by molar-refractivity contribution is 9.13. The Morgan fingerprint density at radius 2 is 2.15 bits per heavy atom. The largest absolute Gasteiger partial charge is 0.321 e. The number of amides is 1. The summed E-state index contributed by atoms with van der Waals surface area (Å²) in [7, 11) is 0. The molecule has 1 N–H and O–H groups in total. The number of hydrogen-bond acceptors (Lipinski definition) is 1. The van der Waals surface area contributed by atoms with Crippen LogP contribution in [0.15, 0.2) is 39.8 Å². The minimum absolute atomic E-state index is 0.223. The molecule has 1 aromatic rings. The molecular formula is C9H7Br2NO. The van der Waals surface area contributed by atoms with Crippen molar-refractivity contribution in [3.8, 4) is 0 Å². The summed E-state index contributed by atoms with van der Waals surface area (Å²) in [4.78, 5) is 11.0. The monoisotopic (exact) mass is 303 g/mol. The third-order valence-corrected chi connectivity index (χ3v) is 3.44. The van der Waals surface area contributed by atoms with Crippen molar-refractivity contribution < 1.29 is 4.79 Å². The van der Waals surface area contributed by atoms with E-state index in [0.29, 0.717) is 0 Å². The number of rotatable bonds is 2. The molecule has 0 aromatic heterocycles. The Balaban J connectivity index is 2.95. The molecule has 0 heterocycles. The summed E-state index contributed by atoms with van der Waals surface area (Å²) in [6.45, 7) is 3.37. The molecule has 0 atom stereocenters. The highest BCUT2D eigenvalue weighted by Crippen LogP contribution is 2.30. The van der Waals surface area contributed by atoms with E-state index in [1.54, 1.807) is 6.07 Å². The minimum Gasteiger partial charge on any atom is -0.321 e. The van der Waals surface area contributed by atoms with Crippen molar-refractivity contribution in [2.45, 2.75) is 0 Å². The lowest BCUT2D eigenvalue weighted by molar-refractivity contribution is -0.111. The third kappa shape index (κ3) is 2.67. The maximum absolute atomic E-state index is 11.0. The zero-order valence-corrected chi connectivity index (χ0v) is 9.85. The van der Waals surface area contributed by atoms with Crippen LogP contribution in [0.1, 0.15) is 0 Å². The van der Waals surface area contributed by atoms with Gasteiger partial charge in [-0.15, -0.1) is 0 Å². The highest BCUT2D eigenvalue weighted by Gasteiger charge is 2.04. The predicted molar refractivity (Wildman–Crippen MR) is 60.7 cm³/mol. The van der Waals surface area contributed by atoms with Crippen LogP contribution >= 0.6 is 31.9 Å². The lowest BCUT2D eigenvalue weighted by Crippen LogP contribution is -2.07. The van der Waals surface area contributed by atoms with E-state index in [4.69, 9.17) is 0 Å². The molecule has 68 valence electrons. The number of carbonyl (C=O) groups excluding carboxylic acids is 1. The van der Waals surface area contributed by atoms with Crippen molar-refractivity contribution in [1.82, 2.24) is 0 Å². The minimum atomic E-state index is -0.223. The molecule has 0 saturated heterocycles. The van der Waals surface area contributed by atoms with Gasteiger partial charge in [0.05, 0.1) is 10.2 Å². The van der Waals surface area contributed by atoms with Gasteiger partial charge in [-0.25, -0.2) is 0 Å². The van der Waals surface area contributed by atoms with Crippen LogP contribution in [-0.4, -0.2) is 5.91 Å². The summed E-state index contributed by atoms with van der Waals surface area (Å²) in [6.07, 6.45) is 1.23. The predicted octanol–water partition coefficient (Wildman–Crippen LogP) is 3.34. The molecule has 0 bridgehead atoms. The zero-order chi connectivity index (χ0) is 9.84. The van der Waals surface area contributed by atoms with Gasteiger partial charge in [-0.3, -0.25) is 4.79 Å². The first-order valence-electron chi connectivity index (χ1n) is 3.52. The van der Waals surface area contributed by atoms with Crippen LogP contribution < -0.4 is 5.32 Å². The smallest absolute Gasteiger partial charge is 0.247 e. The van der Waals surface area contributed by atoms with Gasteiger partial charge in [-0.1, -0.05) is 12.6 Å². The molecule has 0 aliphatic rings. The molecule has 1 rings (SSSR count). The van der Waals surface area contributed by atoms with Crippen LogP contribution in [0, 0.1) is 0 Å². The van der Waals surface area contributed by atoms with Gasteiger partial charge in [-0.05, 0) is 50.1 Å². The van der Waals surface area contributed by atoms with Gasteiger partial charge < -0.3 is 5.32 Å². The van der Waals surface area contributed by atoms with E-state index < -0.39 is 0 Å². The summed E-state index contributed by atoms with van der Waals surface area (Å²) in [5.41, 5.74) is 0.722. The number of hydrogen-bond donors (Lipinski definition) is 1. The summed E-state index contributed by atoms with van der Waals surface area (Å²) >= 11 is 6.68. The molecule has 13 heavy (non-hydrogen) atoms. The van der Waals surface area contributed by atoms with E-state index in [1.165, 1.54) is 6.08 Å². The van der Waals surface area contributed by atoms with Gasteiger partial charge in [0.2, 0.25) is 5.91 Å². The first-order chi connectivity index (χ1) is 6.15. The van der Waals surface area contributed by atoms with E-state index >= 15 is 0 Å². The number of halogens is 2. The molecule has 2 nitrogen and oxygen atoms in total. The second-order valence-corrected chi connectivity index (χ2v) is 3.94. The quantitative estimate of drug-likeness (QED) is 0.834. The van der Waals surface area contributed by atoms with E-state index in [2.05, 4.69) is 43.8 Å². The maximum atomic E-state index is 11.0. The number of carbonyl (C=O) groups is 1. The summed E-state index contributed by atoms with van der Waals surface area (Å²) < 4.78 is 1.72. The molecule has 0 saturated carbocycles. The fourth-order valence-corrected chi connectivity index (χ4v) is 1.51. The van der Waals surface area contributed by atoms with E-state index in [-0.39, 0.29) is 5.91 Å². The van der Waals surface area contributed by atoms with Crippen LogP contribution in [0.5, 0.6) is 0 Å². The van der Waals surface area contributed by atoms with Crippen LogP contribution in [0.3, 0.4) is 0 Å². The Hall–Kier alpha value is -0.610. The molecule has 0 radical (unpaired) electrons. The Labute approximate surface area is 93.3 Å². The van der Waals surface area contributed by atoms with Crippen LogP contribution in [0.25, 0.3) is 0 Å². The van der Waals surface area contributed by atoms with Crippen molar-refractivity contribution in [3.63, 3.8) is 0 Å². The Bertz CT molecular complexity index is 349. The van der Waals surface area contributed by atoms with Gasteiger partial charge in [0.1, 0.15) is 0 Å². The highest BCUT2D eigenvalue weighted by atomic mass is 79.9. The van der Waals surface area contributed by atoms with E-state index in [9.17, 15) is 4.79 Å². The lowest BCUT2D eigenvalue weighted by Gasteiger charge is -2.05. The first-order valence-corrected chi connectivity index (χ1v) is 5.11. The second-order valence-electron chi connectivity index (χ2n) is 2.29. The van der Waals surface area contributed by atoms with Crippen molar-refractivity contribution in [3.05, 3.63) is 39.8 Å². The molecular weight excluding hydrogens is 298 g/mol.